The maximum absolute atomic E-state index is 12.8. The number of hydrogen-bond donors (Lipinski definition) is 1. The summed E-state index contributed by atoms with van der Waals surface area (Å²) in [4.78, 5) is 12.5. The second kappa shape index (κ2) is 9.60. The van der Waals surface area contributed by atoms with Crippen LogP contribution in [0.15, 0.2) is 97.9 Å². The lowest BCUT2D eigenvalue weighted by molar-refractivity contribution is -0.117. The Balaban J connectivity index is 1.44. The van der Waals surface area contributed by atoms with Gasteiger partial charge in [-0.15, -0.1) is 0 Å². The van der Waals surface area contributed by atoms with Crippen LogP contribution in [-0.2, 0) is 25.0 Å². The molecule has 0 saturated heterocycles. The maximum Gasteiger partial charge on any atom is 0.339 e. The highest BCUT2D eigenvalue weighted by atomic mass is 32.2. The van der Waals surface area contributed by atoms with E-state index in [1.54, 1.807) is 19.1 Å². The highest BCUT2D eigenvalue weighted by Gasteiger charge is 2.34. The molecule has 1 amide bonds. The van der Waals surface area contributed by atoms with Crippen LogP contribution < -0.4 is 9.19 Å². The predicted molar refractivity (Wildman–Crippen MR) is 131 cm³/mol. The quantitative estimate of drug-likeness (QED) is 0.277. The van der Waals surface area contributed by atoms with Gasteiger partial charge < -0.3 is 4.18 Å². The van der Waals surface area contributed by atoms with Crippen molar-refractivity contribution in [3.8, 4) is 5.75 Å². The molecule has 4 rings (SSSR count). The summed E-state index contributed by atoms with van der Waals surface area (Å²) >= 11 is 0. The van der Waals surface area contributed by atoms with Gasteiger partial charge in [-0.25, -0.2) is 0 Å². The molecule has 0 unspecified atom stereocenters. The molecule has 0 radical (unpaired) electrons. The summed E-state index contributed by atoms with van der Waals surface area (Å²) in [5.41, 5.74) is 1.93. The van der Waals surface area contributed by atoms with Gasteiger partial charge in [-0.3, -0.25) is 9.35 Å². The van der Waals surface area contributed by atoms with Gasteiger partial charge in [0.1, 0.15) is 10.6 Å². The van der Waals surface area contributed by atoms with E-state index in [2.05, 4.69) is 15.3 Å². The molecule has 3 aromatic carbocycles. The third-order valence-electron chi connectivity index (χ3n) is 5.12. The molecule has 11 nitrogen and oxygen atoms in total. The number of carbonyl (C=O) groups is 1. The van der Waals surface area contributed by atoms with Crippen LogP contribution in [0.1, 0.15) is 12.5 Å². The Morgan fingerprint density at radius 1 is 0.861 bits per heavy atom. The average molecular weight is 529 g/mol. The topological polar surface area (TPSA) is 155 Å². The molecule has 0 spiro atoms. The fourth-order valence-corrected chi connectivity index (χ4v) is 4.62. The van der Waals surface area contributed by atoms with Crippen LogP contribution >= 0.6 is 0 Å². The molecule has 13 heteroatoms. The Bertz CT molecular complexity index is 1560. The van der Waals surface area contributed by atoms with Gasteiger partial charge in [0.15, 0.2) is 6.04 Å². The Morgan fingerprint density at radius 2 is 1.44 bits per heavy atom. The van der Waals surface area contributed by atoms with E-state index in [1.165, 1.54) is 48.5 Å². The summed E-state index contributed by atoms with van der Waals surface area (Å²) < 4.78 is 61.5. The molecule has 0 aliphatic carbocycles. The number of rotatable bonds is 7. The normalized spacial score (nSPS) is 16.4. The lowest BCUT2D eigenvalue weighted by Gasteiger charge is -2.12. The van der Waals surface area contributed by atoms with E-state index in [-0.39, 0.29) is 15.5 Å². The summed E-state index contributed by atoms with van der Waals surface area (Å²) in [6.45, 7) is 3.44. The van der Waals surface area contributed by atoms with E-state index in [0.717, 1.165) is 22.7 Å². The van der Waals surface area contributed by atoms with Crippen molar-refractivity contribution in [2.75, 3.05) is 5.01 Å². The van der Waals surface area contributed by atoms with Crippen molar-refractivity contribution in [1.29, 1.82) is 0 Å². The molecule has 1 atom stereocenters. The van der Waals surface area contributed by atoms with E-state index >= 15 is 0 Å². The first kappa shape index (κ1) is 25.2. The van der Waals surface area contributed by atoms with Crippen molar-refractivity contribution in [2.24, 2.45) is 15.3 Å². The molecular formula is C23H20N4O7S2. The molecule has 0 saturated carbocycles. The van der Waals surface area contributed by atoms with E-state index < -0.39 is 32.2 Å². The lowest BCUT2D eigenvalue weighted by Crippen LogP contribution is -2.29. The summed E-state index contributed by atoms with van der Waals surface area (Å²) in [6.07, 6.45) is 0. The maximum atomic E-state index is 12.8. The van der Waals surface area contributed by atoms with Crippen molar-refractivity contribution < 1.29 is 30.4 Å². The van der Waals surface area contributed by atoms with Crippen molar-refractivity contribution in [3.05, 3.63) is 78.4 Å². The van der Waals surface area contributed by atoms with Crippen LogP contribution in [-0.4, -0.2) is 39.0 Å². The van der Waals surface area contributed by atoms with Crippen molar-refractivity contribution in [3.63, 3.8) is 0 Å². The number of benzene rings is 3. The SMILES string of the molecule is CC1=NN(c2ccc(S(=O)(=O)O)cc2)C(=O)[C@@H]1N=Nc1ccc(OS(=O)(=O)c2ccc(C)cc2)cc1. The minimum Gasteiger partial charge on any atom is -0.379 e. The van der Waals surface area contributed by atoms with Crippen LogP contribution in [0.2, 0.25) is 0 Å². The average Bonchev–Trinajstić information content (AvgIpc) is 3.11. The largest absolute Gasteiger partial charge is 0.379 e. The van der Waals surface area contributed by atoms with E-state index in [1.807, 2.05) is 6.92 Å². The monoisotopic (exact) mass is 528 g/mol. The zero-order valence-electron chi connectivity index (χ0n) is 19.0. The van der Waals surface area contributed by atoms with E-state index in [4.69, 9.17) is 8.74 Å². The third-order valence-corrected chi connectivity index (χ3v) is 7.25. The molecule has 1 heterocycles. The first-order chi connectivity index (χ1) is 16.9. The van der Waals surface area contributed by atoms with E-state index in [9.17, 15) is 21.6 Å². The van der Waals surface area contributed by atoms with Crippen LogP contribution in [0, 0.1) is 6.92 Å². The minimum absolute atomic E-state index is 0.0311. The standard InChI is InChI=1S/C23H20N4O7S2/c1-15-3-11-21(12-4-15)36(32,33)34-19-9-5-17(6-10-19)24-25-22-16(2)26-27(23(22)28)18-7-13-20(14-8-18)35(29,30)31/h3-14,22H,1-2H3,(H,29,30,31)/t22-/m1/s1. The first-order valence-electron chi connectivity index (χ1n) is 10.4. The highest BCUT2D eigenvalue weighted by Crippen LogP contribution is 2.26. The molecule has 1 aliphatic heterocycles. The molecule has 3 aromatic rings. The van der Waals surface area contributed by atoms with Crippen LogP contribution in [0.25, 0.3) is 0 Å². The number of aryl methyl sites for hydroxylation is 1. The lowest BCUT2D eigenvalue weighted by atomic mass is 10.2. The molecule has 0 bridgehead atoms. The van der Waals surface area contributed by atoms with Gasteiger partial charge in [-0.05, 0) is 74.5 Å². The summed E-state index contributed by atoms with van der Waals surface area (Å²) in [7, 11) is -8.36. The fourth-order valence-electron chi connectivity index (χ4n) is 3.21. The first-order valence-corrected chi connectivity index (χ1v) is 13.3. The van der Waals surface area contributed by atoms with Gasteiger partial charge in [0.25, 0.3) is 16.0 Å². The van der Waals surface area contributed by atoms with Gasteiger partial charge in [0.05, 0.1) is 22.0 Å². The highest BCUT2D eigenvalue weighted by molar-refractivity contribution is 7.87. The van der Waals surface area contributed by atoms with Gasteiger partial charge in [-0.1, -0.05) is 17.7 Å². The third kappa shape index (κ3) is 5.48. The number of amides is 1. The van der Waals surface area contributed by atoms with Gasteiger partial charge in [-0.2, -0.15) is 37.2 Å². The number of nitrogens with zero attached hydrogens (tertiary/aromatic N) is 4. The summed E-state index contributed by atoms with van der Waals surface area (Å²) in [5, 5.41) is 13.3. The zero-order valence-corrected chi connectivity index (χ0v) is 20.6. The zero-order chi connectivity index (χ0) is 26.1. The summed E-state index contributed by atoms with van der Waals surface area (Å²) in [6, 6.07) is 16.1. The number of carbonyl (C=O) groups excluding carboxylic acids is 1. The van der Waals surface area contributed by atoms with Crippen molar-refractivity contribution in [1.82, 2.24) is 0 Å². The molecule has 0 fully saturated rings. The number of hydrogen-bond acceptors (Lipinski definition) is 9. The molecule has 186 valence electrons. The molecule has 36 heavy (non-hydrogen) atoms. The van der Waals surface area contributed by atoms with Crippen molar-refractivity contribution in [2.45, 2.75) is 29.7 Å². The molecular weight excluding hydrogens is 508 g/mol. The van der Waals surface area contributed by atoms with Gasteiger partial charge in [0.2, 0.25) is 0 Å². The Labute approximate surface area is 207 Å². The number of hydrazone groups is 1. The van der Waals surface area contributed by atoms with Crippen LogP contribution in [0.3, 0.4) is 0 Å². The molecule has 1 aliphatic rings. The smallest absolute Gasteiger partial charge is 0.339 e. The minimum atomic E-state index is -4.36. The number of azo groups is 1. The summed E-state index contributed by atoms with van der Waals surface area (Å²) in [5.74, 6) is -0.413. The Morgan fingerprint density at radius 3 is 2.03 bits per heavy atom. The van der Waals surface area contributed by atoms with E-state index in [0.29, 0.717) is 17.1 Å². The second-order valence-electron chi connectivity index (χ2n) is 7.82. The molecule has 1 N–H and O–H groups in total. The van der Waals surface area contributed by atoms with Crippen LogP contribution in [0.5, 0.6) is 5.75 Å². The fraction of sp³-hybridized carbons (Fsp3) is 0.130. The number of anilines is 1. The van der Waals surface area contributed by atoms with Crippen molar-refractivity contribution >= 4 is 43.2 Å². The Hall–Kier alpha value is -3.94. The van der Waals surface area contributed by atoms with Gasteiger partial charge >= 0.3 is 10.1 Å². The Kier molecular flexibility index (Phi) is 6.71. The van der Waals surface area contributed by atoms with Crippen LogP contribution in [0.4, 0.5) is 11.4 Å². The van der Waals surface area contributed by atoms with Gasteiger partial charge in [0, 0.05) is 0 Å². The predicted octanol–water partition coefficient (Wildman–Crippen LogP) is 3.88. The molecule has 0 aromatic heterocycles. The second-order valence-corrected chi connectivity index (χ2v) is 10.8.